The number of nitrogens with zero attached hydrogens (tertiary/aromatic N) is 3. The van der Waals surface area contributed by atoms with Gasteiger partial charge in [-0.25, -0.2) is 9.97 Å². The van der Waals surface area contributed by atoms with Crippen LogP contribution in [0.4, 0.5) is 10.8 Å². The van der Waals surface area contributed by atoms with Crippen LogP contribution in [0.25, 0.3) is 17.0 Å². The zero-order valence-corrected chi connectivity index (χ0v) is 13.9. The average Bonchev–Trinajstić information content (AvgIpc) is 3.33. The van der Waals surface area contributed by atoms with Gasteiger partial charge in [0, 0.05) is 17.3 Å². The van der Waals surface area contributed by atoms with Gasteiger partial charge in [0.25, 0.3) is 0 Å². The average molecular weight is 332 g/mol. The first-order valence-electron chi connectivity index (χ1n) is 8.14. The van der Waals surface area contributed by atoms with Gasteiger partial charge in [-0.05, 0) is 54.7 Å². The molecule has 0 saturated carbocycles. The van der Waals surface area contributed by atoms with Crippen LogP contribution in [0.1, 0.15) is 17.5 Å². The lowest BCUT2D eigenvalue weighted by atomic mass is 10.1. The molecule has 1 aliphatic rings. The van der Waals surface area contributed by atoms with Crippen molar-refractivity contribution in [3.63, 3.8) is 0 Å². The number of benzene rings is 1. The third-order valence-electron chi connectivity index (χ3n) is 4.53. The van der Waals surface area contributed by atoms with Gasteiger partial charge < -0.3 is 5.32 Å². The largest absolute Gasteiger partial charge is 0.332 e. The third kappa shape index (κ3) is 2.29. The molecule has 0 unspecified atom stereocenters. The molecule has 0 spiro atoms. The van der Waals surface area contributed by atoms with Gasteiger partial charge in [0.15, 0.2) is 5.13 Å². The molecule has 118 valence electrons. The van der Waals surface area contributed by atoms with Gasteiger partial charge in [0.1, 0.15) is 11.3 Å². The van der Waals surface area contributed by atoms with Crippen molar-refractivity contribution in [1.29, 1.82) is 0 Å². The molecule has 0 fully saturated rings. The fourth-order valence-electron chi connectivity index (χ4n) is 3.34. The Hall–Kier alpha value is -2.66. The fraction of sp³-hybridized carbons (Fsp3) is 0.158. The molecule has 5 heteroatoms. The molecule has 0 amide bonds. The van der Waals surface area contributed by atoms with E-state index >= 15 is 0 Å². The number of pyridine rings is 1. The van der Waals surface area contributed by atoms with Crippen LogP contribution in [-0.2, 0) is 12.8 Å². The van der Waals surface area contributed by atoms with Crippen molar-refractivity contribution in [3.05, 3.63) is 65.3 Å². The zero-order chi connectivity index (χ0) is 15.9. The number of thiazole rings is 1. The van der Waals surface area contributed by atoms with Crippen LogP contribution in [0.15, 0.2) is 54.2 Å². The Kier molecular flexibility index (Phi) is 3.13. The summed E-state index contributed by atoms with van der Waals surface area (Å²) in [7, 11) is 0. The van der Waals surface area contributed by atoms with Crippen molar-refractivity contribution >= 4 is 27.8 Å². The van der Waals surface area contributed by atoms with E-state index in [4.69, 9.17) is 4.98 Å². The van der Waals surface area contributed by atoms with E-state index in [9.17, 15) is 0 Å². The predicted molar refractivity (Wildman–Crippen MR) is 98.0 cm³/mol. The Morgan fingerprint density at radius 3 is 3.04 bits per heavy atom. The maximum Gasteiger partial charge on any atom is 0.187 e. The van der Waals surface area contributed by atoms with Gasteiger partial charge in [0.2, 0.25) is 0 Å². The third-order valence-corrected chi connectivity index (χ3v) is 5.29. The summed E-state index contributed by atoms with van der Waals surface area (Å²) in [5, 5.41) is 6.43. The summed E-state index contributed by atoms with van der Waals surface area (Å²) in [6, 6.07) is 12.7. The van der Waals surface area contributed by atoms with Gasteiger partial charge >= 0.3 is 0 Å². The highest BCUT2D eigenvalue weighted by Gasteiger charge is 2.12. The molecule has 3 aromatic heterocycles. The number of aryl methyl sites for hydroxylation is 2. The molecule has 24 heavy (non-hydrogen) atoms. The highest BCUT2D eigenvalue weighted by molar-refractivity contribution is 7.14. The monoisotopic (exact) mass is 332 g/mol. The Morgan fingerprint density at radius 2 is 2.04 bits per heavy atom. The highest BCUT2D eigenvalue weighted by Crippen LogP contribution is 2.30. The Balaban J connectivity index is 1.45. The summed E-state index contributed by atoms with van der Waals surface area (Å²) in [4.78, 5) is 9.17. The maximum atomic E-state index is 4.74. The quantitative estimate of drug-likeness (QED) is 0.592. The van der Waals surface area contributed by atoms with Gasteiger partial charge in [-0.15, -0.1) is 11.3 Å². The van der Waals surface area contributed by atoms with Crippen molar-refractivity contribution in [1.82, 2.24) is 14.4 Å². The number of fused-ring (bicyclic) bond motifs is 2. The van der Waals surface area contributed by atoms with E-state index in [-0.39, 0.29) is 0 Å². The summed E-state index contributed by atoms with van der Waals surface area (Å²) in [6.07, 6.45) is 7.57. The normalized spacial score (nSPS) is 13.3. The molecule has 5 rings (SSSR count). The van der Waals surface area contributed by atoms with Crippen LogP contribution >= 0.6 is 11.3 Å². The maximum absolute atomic E-state index is 4.74. The van der Waals surface area contributed by atoms with E-state index in [0.29, 0.717) is 0 Å². The van der Waals surface area contributed by atoms with Crippen LogP contribution < -0.4 is 5.32 Å². The first kappa shape index (κ1) is 13.7. The summed E-state index contributed by atoms with van der Waals surface area (Å²) < 4.78 is 2.06. The van der Waals surface area contributed by atoms with Crippen molar-refractivity contribution in [3.8, 4) is 11.4 Å². The molecule has 0 saturated heterocycles. The second-order valence-electron chi connectivity index (χ2n) is 6.07. The molecular weight excluding hydrogens is 316 g/mol. The fourth-order valence-corrected chi connectivity index (χ4v) is 4.07. The van der Waals surface area contributed by atoms with E-state index in [2.05, 4.69) is 38.3 Å². The first-order chi connectivity index (χ1) is 11.9. The molecule has 1 aliphatic carbocycles. The molecule has 1 N–H and O–H groups in total. The smallest absolute Gasteiger partial charge is 0.187 e. The first-order valence-corrected chi connectivity index (χ1v) is 9.02. The topological polar surface area (TPSA) is 42.2 Å². The molecule has 1 aromatic carbocycles. The number of anilines is 2. The number of imidazole rings is 1. The van der Waals surface area contributed by atoms with Gasteiger partial charge in [0.05, 0.1) is 11.9 Å². The molecule has 0 radical (unpaired) electrons. The summed E-state index contributed by atoms with van der Waals surface area (Å²) >= 11 is 1.62. The lowest BCUT2D eigenvalue weighted by Crippen LogP contribution is -1.92. The number of nitrogens with one attached hydrogen (secondary N) is 1. The van der Waals surface area contributed by atoms with Crippen LogP contribution in [-0.4, -0.2) is 14.4 Å². The lowest BCUT2D eigenvalue weighted by molar-refractivity contribution is 0.912. The summed E-state index contributed by atoms with van der Waals surface area (Å²) in [5.41, 5.74) is 6.99. The Labute approximate surface area is 143 Å². The SMILES string of the molecule is c1ccn2c(-c3csc(Nc4ccc5c(c4)CCC5)n3)cnc2c1. The predicted octanol–water partition coefficient (Wildman–Crippen LogP) is 4.69. The van der Waals surface area contributed by atoms with Crippen molar-refractivity contribution in [2.45, 2.75) is 19.3 Å². The van der Waals surface area contributed by atoms with Gasteiger partial charge in [-0.1, -0.05) is 12.1 Å². The second kappa shape index (κ2) is 5.46. The molecule has 0 atom stereocenters. The lowest BCUT2D eigenvalue weighted by Gasteiger charge is -2.05. The molecule has 4 aromatic rings. The van der Waals surface area contributed by atoms with Crippen LogP contribution in [0.5, 0.6) is 0 Å². The number of rotatable bonds is 3. The Bertz CT molecular complexity index is 1030. The molecule has 3 heterocycles. The zero-order valence-electron chi connectivity index (χ0n) is 13.1. The van der Waals surface area contributed by atoms with Gasteiger partial charge in [-0.2, -0.15) is 0 Å². The minimum absolute atomic E-state index is 0.911. The van der Waals surface area contributed by atoms with Crippen molar-refractivity contribution in [2.24, 2.45) is 0 Å². The van der Waals surface area contributed by atoms with E-state index in [1.165, 1.54) is 30.4 Å². The van der Waals surface area contributed by atoms with Crippen LogP contribution in [0.2, 0.25) is 0 Å². The molecule has 4 nitrogen and oxygen atoms in total. The number of aromatic nitrogens is 3. The van der Waals surface area contributed by atoms with Crippen LogP contribution in [0, 0.1) is 0 Å². The molecular formula is C19H16N4S. The summed E-state index contributed by atoms with van der Waals surface area (Å²) in [5.74, 6) is 0. The van der Waals surface area contributed by atoms with E-state index in [1.807, 2.05) is 30.6 Å². The van der Waals surface area contributed by atoms with E-state index in [0.717, 1.165) is 27.9 Å². The minimum Gasteiger partial charge on any atom is -0.332 e. The number of hydrogen-bond donors (Lipinski definition) is 1. The second-order valence-corrected chi connectivity index (χ2v) is 6.93. The van der Waals surface area contributed by atoms with Gasteiger partial charge in [-0.3, -0.25) is 4.40 Å². The number of hydrogen-bond acceptors (Lipinski definition) is 4. The highest BCUT2D eigenvalue weighted by atomic mass is 32.1. The van der Waals surface area contributed by atoms with Crippen molar-refractivity contribution in [2.75, 3.05) is 5.32 Å². The molecule has 0 bridgehead atoms. The molecule has 0 aliphatic heterocycles. The van der Waals surface area contributed by atoms with Crippen molar-refractivity contribution < 1.29 is 0 Å². The van der Waals surface area contributed by atoms with E-state index < -0.39 is 0 Å². The minimum atomic E-state index is 0.911. The van der Waals surface area contributed by atoms with E-state index in [1.54, 1.807) is 11.3 Å². The standard InChI is InChI=1S/C19H16N4S/c1-2-9-23-17(11-20-18(23)6-1)16-12-24-19(22-16)21-15-8-7-13-4-3-5-14(13)10-15/h1-2,6-12H,3-5H2,(H,21,22). The Morgan fingerprint density at radius 1 is 1.08 bits per heavy atom. The summed E-state index contributed by atoms with van der Waals surface area (Å²) in [6.45, 7) is 0. The van der Waals surface area contributed by atoms with Crippen LogP contribution in [0.3, 0.4) is 0 Å².